The minimum absolute atomic E-state index is 0.00722. The molecule has 3 nitrogen and oxygen atoms in total. The summed E-state index contributed by atoms with van der Waals surface area (Å²) in [6.45, 7) is 0. The van der Waals surface area contributed by atoms with Crippen molar-refractivity contribution in [2.24, 2.45) is 53.3 Å². The SMILES string of the molecule is O[C@]12[C@H]3[C@H]4C[C@@H]1[C@](O)([C@H]43)[C@]1(O)C3[C@@H]4[C@H]2[C@H]1C[C@H]34. The molecular weight excluding hydrogens is 216 g/mol. The van der Waals surface area contributed by atoms with E-state index in [2.05, 4.69) is 0 Å². The Morgan fingerprint density at radius 3 is 2.29 bits per heavy atom. The van der Waals surface area contributed by atoms with Gasteiger partial charge in [0.2, 0.25) is 0 Å². The summed E-state index contributed by atoms with van der Waals surface area (Å²) in [5.74, 6) is 3.26. The first-order valence-electron chi connectivity index (χ1n) is 7.24. The van der Waals surface area contributed by atoms with Crippen LogP contribution in [0.2, 0.25) is 0 Å². The van der Waals surface area contributed by atoms with E-state index < -0.39 is 16.8 Å². The highest BCUT2D eigenvalue weighted by Crippen LogP contribution is 2.95. The van der Waals surface area contributed by atoms with Gasteiger partial charge in [-0.15, -0.1) is 0 Å². The summed E-state index contributed by atoms with van der Waals surface area (Å²) >= 11 is 0. The summed E-state index contributed by atoms with van der Waals surface area (Å²) in [7, 11) is 0. The third-order valence-electron chi connectivity index (χ3n) is 8.66. The minimum atomic E-state index is -0.900. The van der Waals surface area contributed by atoms with Gasteiger partial charge >= 0.3 is 0 Å². The standard InChI is InChI=1S/C14H16O3/c15-12-6-2-4-9(12)10(4)14(6,17)13(16)5-1-3-7(8(3)13)11(5)12/h3-11,15-17H,1-2H2/t3-,4+,5+,6-,7+,8?,9-,10+,11+,12-,13+,14-/m0/s1. The van der Waals surface area contributed by atoms with Crippen molar-refractivity contribution in [3.63, 3.8) is 0 Å². The molecule has 12 bridgehead atoms. The van der Waals surface area contributed by atoms with E-state index in [1.54, 1.807) is 0 Å². The van der Waals surface area contributed by atoms with Crippen LogP contribution in [0.25, 0.3) is 0 Å². The lowest BCUT2D eigenvalue weighted by Crippen LogP contribution is -2.67. The number of aliphatic hydroxyl groups is 3. The molecule has 9 rings (SSSR count). The van der Waals surface area contributed by atoms with Crippen LogP contribution in [0, 0.1) is 53.3 Å². The average Bonchev–Trinajstić information content (AvgIpc) is 2.87. The monoisotopic (exact) mass is 232 g/mol. The van der Waals surface area contributed by atoms with E-state index in [0.29, 0.717) is 35.5 Å². The lowest BCUT2D eigenvalue weighted by atomic mass is 9.59. The maximum atomic E-state index is 11.2. The molecule has 12 atom stereocenters. The Balaban J connectivity index is 1.66. The van der Waals surface area contributed by atoms with Crippen molar-refractivity contribution in [3.8, 4) is 0 Å². The molecule has 0 aliphatic heterocycles. The highest BCUT2D eigenvalue weighted by atomic mass is 16.4. The lowest BCUT2D eigenvalue weighted by molar-refractivity contribution is -0.246. The molecule has 0 heterocycles. The van der Waals surface area contributed by atoms with Crippen LogP contribution in [0.1, 0.15) is 12.8 Å². The van der Waals surface area contributed by atoms with E-state index in [1.807, 2.05) is 0 Å². The van der Waals surface area contributed by atoms with Gasteiger partial charge in [0.1, 0.15) is 11.2 Å². The van der Waals surface area contributed by atoms with E-state index in [1.165, 1.54) is 0 Å². The van der Waals surface area contributed by atoms with E-state index in [0.717, 1.165) is 12.8 Å². The fraction of sp³-hybridized carbons (Fsp3) is 1.00. The summed E-state index contributed by atoms with van der Waals surface area (Å²) in [6, 6.07) is 0. The first-order valence-corrected chi connectivity index (χ1v) is 7.24. The van der Waals surface area contributed by atoms with Gasteiger partial charge in [0.05, 0.1) is 5.60 Å². The van der Waals surface area contributed by atoms with Crippen LogP contribution >= 0.6 is 0 Å². The molecule has 17 heavy (non-hydrogen) atoms. The second-order valence-corrected chi connectivity index (χ2v) is 8.18. The number of hydrogen-bond donors (Lipinski definition) is 3. The van der Waals surface area contributed by atoms with Crippen molar-refractivity contribution in [3.05, 3.63) is 0 Å². The molecule has 0 radical (unpaired) electrons. The zero-order chi connectivity index (χ0) is 11.1. The topological polar surface area (TPSA) is 60.7 Å². The smallest absolute Gasteiger partial charge is 0.103 e. The number of rotatable bonds is 0. The summed E-state index contributed by atoms with van der Waals surface area (Å²) in [6.07, 6.45) is 2.07. The summed E-state index contributed by atoms with van der Waals surface area (Å²) in [5.41, 5.74) is -2.27. The summed E-state index contributed by atoms with van der Waals surface area (Å²) in [5, 5.41) is 33.7. The maximum absolute atomic E-state index is 11.2. The highest BCUT2D eigenvalue weighted by molar-refractivity contribution is 5.50. The Labute approximate surface area is 98.8 Å². The van der Waals surface area contributed by atoms with E-state index >= 15 is 0 Å². The van der Waals surface area contributed by atoms with Gasteiger partial charge in [0.15, 0.2) is 0 Å². The molecule has 0 spiro atoms. The molecular formula is C14H16O3. The Morgan fingerprint density at radius 2 is 1.59 bits per heavy atom. The predicted octanol–water partition coefficient (Wildman–Crippen LogP) is -0.399. The third-order valence-corrected chi connectivity index (χ3v) is 8.66. The first-order chi connectivity index (χ1) is 8.07. The van der Waals surface area contributed by atoms with Crippen LogP contribution in [0.15, 0.2) is 0 Å². The molecule has 0 aromatic rings. The molecule has 0 aromatic carbocycles. The fourth-order valence-electron chi connectivity index (χ4n) is 8.77. The van der Waals surface area contributed by atoms with Gasteiger partial charge in [0.25, 0.3) is 0 Å². The van der Waals surface area contributed by atoms with Crippen molar-refractivity contribution < 1.29 is 15.3 Å². The largest absolute Gasteiger partial charge is 0.389 e. The minimum Gasteiger partial charge on any atom is -0.389 e. The molecule has 90 valence electrons. The van der Waals surface area contributed by atoms with Crippen LogP contribution in [-0.4, -0.2) is 32.1 Å². The molecule has 0 saturated heterocycles. The molecule has 9 fully saturated rings. The molecule has 3 heteroatoms. The van der Waals surface area contributed by atoms with Crippen LogP contribution in [-0.2, 0) is 0 Å². The van der Waals surface area contributed by atoms with Crippen molar-refractivity contribution in [1.29, 1.82) is 0 Å². The quantitative estimate of drug-likeness (QED) is 0.532. The van der Waals surface area contributed by atoms with E-state index in [9.17, 15) is 15.3 Å². The second kappa shape index (κ2) is 1.60. The predicted molar refractivity (Wildman–Crippen MR) is 55.5 cm³/mol. The Hall–Kier alpha value is -0.120. The Kier molecular flexibility index (Phi) is 0.765. The normalized spacial score (nSPS) is 94.4. The van der Waals surface area contributed by atoms with Gasteiger partial charge in [-0.05, 0) is 60.2 Å². The molecule has 9 aliphatic rings. The van der Waals surface area contributed by atoms with Crippen molar-refractivity contribution in [2.45, 2.75) is 29.6 Å². The first kappa shape index (κ1) is 8.13. The zero-order valence-electron chi connectivity index (χ0n) is 9.45. The molecule has 9 aliphatic carbocycles. The van der Waals surface area contributed by atoms with Gasteiger partial charge in [-0.2, -0.15) is 0 Å². The molecule has 3 N–H and O–H groups in total. The zero-order valence-corrected chi connectivity index (χ0v) is 9.45. The average molecular weight is 232 g/mol. The summed E-state index contributed by atoms with van der Waals surface area (Å²) in [4.78, 5) is 0. The van der Waals surface area contributed by atoms with Crippen molar-refractivity contribution in [1.82, 2.24) is 0 Å². The lowest BCUT2D eigenvalue weighted by Gasteiger charge is -2.53. The molecule has 9 saturated carbocycles. The van der Waals surface area contributed by atoms with Crippen LogP contribution in [0.3, 0.4) is 0 Å². The maximum Gasteiger partial charge on any atom is 0.103 e. The van der Waals surface area contributed by atoms with Gasteiger partial charge in [-0.1, -0.05) is 0 Å². The molecule has 1 unspecified atom stereocenters. The van der Waals surface area contributed by atoms with E-state index in [4.69, 9.17) is 0 Å². The fourth-order valence-corrected chi connectivity index (χ4v) is 8.77. The van der Waals surface area contributed by atoms with Gasteiger partial charge in [-0.25, -0.2) is 0 Å². The van der Waals surface area contributed by atoms with Crippen LogP contribution in [0.4, 0.5) is 0 Å². The highest BCUT2D eigenvalue weighted by Gasteiger charge is 3.02. The van der Waals surface area contributed by atoms with E-state index in [-0.39, 0.29) is 17.8 Å². The van der Waals surface area contributed by atoms with Crippen molar-refractivity contribution >= 4 is 0 Å². The van der Waals surface area contributed by atoms with Crippen LogP contribution < -0.4 is 0 Å². The third kappa shape index (κ3) is 0.405. The summed E-state index contributed by atoms with van der Waals surface area (Å²) < 4.78 is 0. The molecule has 0 amide bonds. The Morgan fingerprint density at radius 1 is 0.765 bits per heavy atom. The van der Waals surface area contributed by atoms with Crippen LogP contribution in [0.5, 0.6) is 0 Å². The van der Waals surface area contributed by atoms with Crippen molar-refractivity contribution in [2.75, 3.05) is 0 Å². The Bertz CT molecular complexity index is 534. The number of hydrogen-bond acceptors (Lipinski definition) is 3. The van der Waals surface area contributed by atoms with Gasteiger partial charge < -0.3 is 15.3 Å². The van der Waals surface area contributed by atoms with Gasteiger partial charge in [-0.3, -0.25) is 0 Å². The van der Waals surface area contributed by atoms with Gasteiger partial charge in [0, 0.05) is 5.92 Å². The molecule has 0 aromatic heterocycles. The second-order valence-electron chi connectivity index (χ2n) is 8.18.